The number of methoxy groups -OCH3 is 1. The van der Waals surface area contributed by atoms with E-state index >= 15 is 0 Å². The third-order valence-corrected chi connectivity index (χ3v) is 5.92. The summed E-state index contributed by atoms with van der Waals surface area (Å²) in [6.45, 7) is 5.91. The van der Waals surface area contributed by atoms with Crippen molar-refractivity contribution in [3.8, 4) is 11.5 Å². The number of amides is 1. The van der Waals surface area contributed by atoms with Gasteiger partial charge >= 0.3 is 0 Å². The van der Waals surface area contributed by atoms with Gasteiger partial charge in [-0.1, -0.05) is 44.0 Å². The number of hydrogen-bond acceptors (Lipinski definition) is 6. The van der Waals surface area contributed by atoms with E-state index in [-0.39, 0.29) is 11.3 Å². The van der Waals surface area contributed by atoms with Gasteiger partial charge in [0.15, 0.2) is 0 Å². The molecule has 0 saturated carbocycles. The first-order chi connectivity index (χ1) is 17.0. The molecule has 1 amide bonds. The van der Waals surface area contributed by atoms with Gasteiger partial charge in [-0.3, -0.25) is 9.59 Å². The van der Waals surface area contributed by atoms with Gasteiger partial charge in [-0.05, 0) is 49.6 Å². The summed E-state index contributed by atoms with van der Waals surface area (Å²) in [6.07, 6.45) is 3.78. The number of aliphatic hydroxyl groups excluding tert-OH is 1. The number of Topliss-reactive ketones (excluding diaryl/α,β-unsaturated/α-hetero) is 1. The molecule has 35 heavy (non-hydrogen) atoms. The minimum Gasteiger partial charge on any atom is -0.507 e. The van der Waals surface area contributed by atoms with Gasteiger partial charge in [0.1, 0.15) is 17.3 Å². The second kappa shape index (κ2) is 13.0. The summed E-state index contributed by atoms with van der Waals surface area (Å²) in [5.41, 5.74) is 1.22. The normalized spacial score (nSPS) is 17.1. The molecular weight excluding hydrogens is 446 g/mol. The monoisotopic (exact) mass is 481 g/mol. The molecule has 1 aliphatic heterocycles. The molecule has 1 heterocycles. The zero-order valence-corrected chi connectivity index (χ0v) is 20.8. The van der Waals surface area contributed by atoms with Crippen LogP contribution in [0.4, 0.5) is 0 Å². The lowest BCUT2D eigenvalue weighted by Crippen LogP contribution is -2.31. The topological polar surface area (TPSA) is 85.3 Å². The lowest BCUT2D eigenvalue weighted by Gasteiger charge is -2.25. The number of hydrogen-bond donors (Lipinski definition) is 1. The van der Waals surface area contributed by atoms with Crippen molar-refractivity contribution in [2.45, 2.75) is 45.6 Å². The van der Waals surface area contributed by atoms with Crippen LogP contribution in [0.5, 0.6) is 11.5 Å². The largest absolute Gasteiger partial charge is 0.507 e. The van der Waals surface area contributed by atoms with E-state index in [2.05, 4.69) is 6.92 Å². The molecule has 188 valence electrons. The number of likely N-dealkylation sites (tertiary alicyclic amines) is 1. The predicted molar refractivity (Wildman–Crippen MR) is 135 cm³/mol. The highest BCUT2D eigenvalue weighted by Crippen LogP contribution is 2.40. The van der Waals surface area contributed by atoms with Gasteiger partial charge in [0.2, 0.25) is 0 Å². The van der Waals surface area contributed by atoms with E-state index in [0.29, 0.717) is 44.1 Å². The van der Waals surface area contributed by atoms with Crippen LogP contribution in [0.25, 0.3) is 5.76 Å². The fourth-order valence-corrected chi connectivity index (χ4v) is 4.18. The Morgan fingerprint density at radius 3 is 2.40 bits per heavy atom. The number of carbonyl (C=O) groups excluding carboxylic acids is 2. The zero-order valence-electron chi connectivity index (χ0n) is 20.8. The molecule has 1 N–H and O–H groups in total. The Bertz CT molecular complexity index is 1030. The molecule has 1 aliphatic rings. The van der Waals surface area contributed by atoms with E-state index in [4.69, 9.17) is 14.2 Å². The second-order valence-corrected chi connectivity index (χ2v) is 8.42. The number of rotatable bonds is 13. The van der Waals surface area contributed by atoms with E-state index in [1.165, 1.54) is 4.90 Å². The first-order valence-corrected chi connectivity index (χ1v) is 12.2. The Kier molecular flexibility index (Phi) is 9.73. The van der Waals surface area contributed by atoms with Crippen molar-refractivity contribution in [2.75, 3.05) is 33.5 Å². The van der Waals surface area contributed by atoms with Gasteiger partial charge in [0.05, 0.1) is 24.8 Å². The highest BCUT2D eigenvalue weighted by Gasteiger charge is 2.45. The van der Waals surface area contributed by atoms with Crippen molar-refractivity contribution < 1.29 is 28.9 Å². The van der Waals surface area contributed by atoms with E-state index in [1.54, 1.807) is 31.4 Å². The molecule has 1 fully saturated rings. The highest BCUT2D eigenvalue weighted by atomic mass is 16.5. The van der Waals surface area contributed by atoms with E-state index in [0.717, 1.165) is 30.6 Å². The summed E-state index contributed by atoms with van der Waals surface area (Å²) in [6, 6.07) is 13.5. The van der Waals surface area contributed by atoms with Crippen LogP contribution in [0.15, 0.2) is 54.1 Å². The molecule has 1 unspecified atom stereocenters. The zero-order chi connectivity index (χ0) is 25.2. The van der Waals surface area contributed by atoms with Crippen molar-refractivity contribution in [2.24, 2.45) is 0 Å². The smallest absolute Gasteiger partial charge is 0.295 e. The summed E-state index contributed by atoms with van der Waals surface area (Å²) in [5, 5.41) is 11.2. The van der Waals surface area contributed by atoms with Crippen LogP contribution in [-0.4, -0.2) is 55.2 Å². The maximum absolute atomic E-state index is 13.1. The Morgan fingerprint density at radius 1 is 0.943 bits per heavy atom. The van der Waals surface area contributed by atoms with Crippen LogP contribution >= 0.6 is 0 Å². The summed E-state index contributed by atoms with van der Waals surface area (Å²) in [4.78, 5) is 27.7. The fourth-order valence-electron chi connectivity index (χ4n) is 4.18. The summed E-state index contributed by atoms with van der Waals surface area (Å²) in [7, 11) is 1.59. The highest BCUT2D eigenvalue weighted by molar-refractivity contribution is 6.46. The number of nitrogens with zero attached hydrogens (tertiary/aromatic N) is 1. The quantitative estimate of drug-likeness (QED) is 0.185. The van der Waals surface area contributed by atoms with Gasteiger partial charge in [-0.2, -0.15) is 0 Å². The van der Waals surface area contributed by atoms with Crippen LogP contribution in [-0.2, 0) is 14.3 Å². The molecule has 0 aliphatic carbocycles. The molecule has 7 heteroatoms. The second-order valence-electron chi connectivity index (χ2n) is 8.42. The molecule has 0 radical (unpaired) electrons. The number of ether oxygens (including phenoxy) is 3. The van der Waals surface area contributed by atoms with Crippen molar-refractivity contribution in [1.82, 2.24) is 4.90 Å². The first-order valence-electron chi connectivity index (χ1n) is 12.2. The number of benzene rings is 2. The molecule has 1 saturated heterocycles. The molecule has 2 aromatic rings. The summed E-state index contributed by atoms with van der Waals surface area (Å²) < 4.78 is 16.5. The van der Waals surface area contributed by atoms with Gasteiger partial charge in [0, 0.05) is 25.8 Å². The Morgan fingerprint density at radius 2 is 1.71 bits per heavy atom. The van der Waals surface area contributed by atoms with Crippen LogP contribution in [0.1, 0.15) is 56.7 Å². The SMILES string of the molecule is CCCCCOc1ccc(C2/C(=C(\O)c3cccc(OCC)c3)C(=O)C(=O)N2CCCOC)cc1. The van der Waals surface area contributed by atoms with E-state index in [9.17, 15) is 14.7 Å². The number of aliphatic hydroxyl groups is 1. The van der Waals surface area contributed by atoms with Crippen LogP contribution in [0.3, 0.4) is 0 Å². The maximum atomic E-state index is 13.1. The van der Waals surface area contributed by atoms with Gasteiger partial charge < -0.3 is 24.2 Å². The third-order valence-electron chi connectivity index (χ3n) is 5.92. The molecule has 0 aromatic heterocycles. The standard InChI is InChI=1S/C28H35NO6/c1-4-6-7-18-35-22-14-12-20(13-15-22)25-24(27(31)28(32)29(25)16-9-17-33-3)26(30)21-10-8-11-23(19-21)34-5-2/h8,10-15,19,25,30H,4-7,9,16-18H2,1-3H3/b26-24+. The fraction of sp³-hybridized carbons (Fsp3) is 0.429. The van der Waals surface area contributed by atoms with Crippen molar-refractivity contribution >= 4 is 17.4 Å². The number of carbonyl (C=O) groups is 2. The van der Waals surface area contributed by atoms with Gasteiger partial charge in [-0.25, -0.2) is 0 Å². The Hall–Kier alpha value is -3.32. The van der Waals surface area contributed by atoms with Gasteiger partial charge in [0.25, 0.3) is 11.7 Å². The Labute approximate surface area is 207 Å². The Balaban J connectivity index is 1.98. The molecule has 3 rings (SSSR count). The predicted octanol–water partition coefficient (Wildman–Crippen LogP) is 5.11. The van der Waals surface area contributed by atoms with E-state index in [1.807, 2.05) is 31.2 Å². The van der Waals surface area contributed by atoms with Crippen LogP contribution in [0, 0.1) is 0 Å². The lowest BCUT2D eigenvalue weighted by molar-refractivity contribution is -0.140. The average Bonchev–Trinajstić information content (AvgIpc) is 3.12. The molecule has 0 bridgehead atoms. The minimum atomic E-state index is -0.711. The average molecular weight is 482 g/mol. The van der Waals surface area contributed by atoms with Crippen molar-refractivity contribution in [3.05, 3.63) is 65.2 Å². The molecule has 2 aromatic carbocycles. The maximum Gasteiger partial charge on any atom is 0.295 e. The van der Waals surface area contributed by atoms with Crippen molar-refractivity contribution in [3.63, 3.8) is 0 Å². The van der Waals surface area contributed by atoms with Crippen LogP contribution in [0.2, 0.25) is 0 Å². The minimum absolute atomic E-state index is 0.0673. The molecule has 0 spiro atoms. The molecular formula is C28H35NO6. The van der Waals surface area contributed by atoms with Crippen LogP contribution < -0.4 is 9.47 Å². The number of ketones is 1. The molecule has 7 nitrogen and oxygen atoms in total. The summed E-state index contributed by atoms with van der Waals surface area (Å²) in [5.74, 6) is -0.248. The number of unbranched alkanes of at least 4 members (excludes halogenated alkanes) is 2. The molecule has 1 atom stereocenters. The third kappa shape index (κ3) is 6.42. The summed E-state index contributed by atoms with van der Waals surface area (Å²) >= 11 is 0. The first kappa shape index (κ1) is 26.3. The van der Waals surface area contributed by atoms with E-state index < -0.39 is 17.7 Å². The van der Waals surface area contributed by atoms with Crippen molar-refractivity contribution in [1.29, 1.82) is 0 Å². The lowest BCUT2D eigenvalue weighted by atomic mass is 9.95. The van der Waals surface area contributed by atoms with Gasteiger partial charge in [-0.15, -0.1) is 0 Å².